The number of hydrogen-bond acceptors (Lipinski definition) is 4. The number of ether oxygens (including phenoxy) is 1. The summed E-state index contributed by atoms with van der Waals surface area (Å²) in [6.07, 6.45) is 2.67. The number of carbonyl (C=O) groups is 3. The number of ketones is 1. The first-order valence-corrected chi connectivity index (χ1v) is 11.1. The number of carbonyl (C=O) groups excluding carboxylic acids is 3. The number of nitrogens with one attached hydrogen (secondary N) is 2. The molecule has 7 heteroatoms. The first-order valence-electron chi connectivity index (χ1n) is 10.0. The molecule has 0 aliphatic carbocycles. The predicted molar refractivity (Wildman–Crippen MR) is 121 cm³/mol. The van der Waals surface area contributed by atoms with Gasteiger partial charge in [0.05, 0.1) is 5.33 Å². The molecule has 30 heavy (non-hydrogen) atoms. The molecule has 6 nitrogen and oxygen atoms in total. The summed E-state index contributed by atoms with van der Waals surface area (Å²) in [5, 5.41) is 5.71. The third-order valence-corrected chi connectivity index (χ3v) is 5.02. The number of rotatable bonds is 11. The van der Waals surface area contributed by atoms with Crippen molar-refractivity contribution in [2.75, 3.05) is 10.6 Å². The molecular weight excluding hydrogens is 448 g/mol. The van der Waals surface area contributed by atoms with Gasteiger partial charge in [-0.2, -0.15) is 0 Å². The van der Waals surface area contributed by atoms with E-state index in [-0.39, 0.29) is 23.6 Å². The minimum atomic E-state index is -0.705. The van der Waals surface area contributed by atoms with Crippen LogP contribution in [0.1, 0.15) is 48.5 Å². The normalized spacial score (nSPS) is 11.4. The molecule has 0 fully saturated rings. The van der Waals surface area contributed by atoms with E-state index in [2.05, 4.69) is 33.5 Å². The summed E-state index contributed by atoms with van der Waals surface area (Å²) in [7, 11) is 0. The number of amides is 2. The molecule has 0 saturated carbocycles. The van der Waals surface area contributed by atoms with E-state index in [0.717, 1.165) is 24.8 Å². The van der Waals surface area contributed by atoms with Crippen molar-refractivity contribution in [3.63, 3.8) is 0 Å². The van der Waals surface area contributed by atoms with Gasteiger partial charge in [0.2, 0.25) is 5.91 Å². The minimum absolute atomic E-state index is 0.0341. The summed E-state index contributed by atoms with van der Waals surface area (Å²) < 4.78 is 5.25. The summed E-state index contributed by atoms with van der Waals surface area (Å²) in [5.41, 5.74) is 2.00. The molecule has 0 aliphatic rings. The lowest BCUT2D eigenvalue weighted by Crippen LogP contribution is -2.44. The van der Waals surface area contributed by atoms with Gasteiger partial charge in [0.25, 0.3) is 0 Å². The van der Waals surface area contributed by atoms with Gasteiger partial charge >= 0.3 is 6.09 Å². The zero-order valence-corrected chi connectivity index (χ0v) is 18.6. The number of benzene rings is 2. The van der Waals surface area contributed by atoms with Crippen LogP contribution >= 0.6 is 15.9 Å². The van der Waals surface area contributed by atoms with Gasteiger partial charge < -0.3 is 15.4 Å². The Hall–Kier alpha value is -2.67. The highest BCUT2D eigenvalue weighted by Crippen LogP contribution is 2.13. The summed E-state index contributed by atoms with van der Waals surface area (Å²) >= 11 is 3.14. The molecule has 2 amide bonds. The Kier molecular flexibility index (Phi) is 10.1. The molecule has 2 N–H and O–H groups in total. The molecule has 0 aliphatic heterocycles. The van der Waals surface area contributed by atoms with Crippen molar-refractivity contribution in [2.24, 2.45) is 0 Å². The number of anilines is 1. The molecule has 0 heterocycles. The Morgan fingerprint density at radius 2 is 1.70 bits per heavy atom. The van der Waals surface area contributed by atoms with E-state index < -0.39 is 12.1 Å². The Bertz CT molecular complexity index is 825. The lowest BCUT2D eigenvalue weighted by molar-refractivity contribution is -0.118. The van der Waals surface area contributed by atoms with Gasteiger partial charge in [0.1, 0.15) is 12.6 Å². The van der Waals surface area contributed by atoms with Crippen molar-refractivity contribution in [1.82, 2.24) is 5.32 Å². The number of Topliss-reactive ketones (excluding diaryl/α,β-unsaturated/α-hetero) is 1. The van der Waals surface area contributed by atoms with E-state index >= 15 is 0 Å². The number of halogens is 1. The van der Waals surface area contributed by atoms with Crippen LogP contribution in [-0.4, -0.2) is 29.2 Å². The van der Waals surface area contributed by atoms with Crippen LogP contribution in [0.15, 0.2) is 54.6 Å². The van der Waals surface area contributed by atoms with Crippen molar-refractivity contribution in [1.29, 1.82) is 0 Å². The second-order valence-corrected chi connectivity index (χ2v) is 7.44. The lowest BCUT2D eigenvalue weighted by Gasteiger charge is -2.18. The van der Waals surface area contributed by atoms with Crippen LogP contribution in [0, 0.1) is 0 Å². The minimum Gasteiger partial charge on any atom is -0.445 e. The third-order valence-electron chi connectivity index (χ3n) is 4.51. The molecule has 1 atom stereocenters. The maximum Gasteiger partial charge on any atom is 0.408 e. The fourth-order valence-electron chi connectivity index (χ4n) is 2.82. The largest absolute Gasteiger partial charge is 0.445 e. The number of unbranched alkanes of at least 4 members (excludes halogenated alkanes) is 2. The van der Waals surface area contributed by atoms with E-state index in [4.69, 9.17) is 4.74 Å². The van der Waals surface area contributed by atoms with Crippen molar-refractivity contribution < 1.29 is 19.1 Å². The van der Waals surface area contributed by atoms with Gasteiger partial charge in [-0.15, -0.1) is 0 Å². The Balaban J connectivity index is 1.95. The summed E-state index contributed by atoms with van der Waals surface area (Å²) in [5.74, 6) is -0.351. The van der Waals surface area contributed by atoms with Gasteiger partial charge in [-0.3, -0.25) is 9.59 Å². The zero-order valence-electron chi connectivity index (χ0n) is 17.0. The summed E-state index contributed by atoms with van der Waals surface area (Å²) in [4.78, 5) is 36.6. The fourth-order valence-corrected chi connectivity index (χ4v) is 3.14. The van der Waals surface area contributed by atoms with Crippen LogP contribution in [-0.2, 0) is 16.1 Å². The standard InChI is InChI=1S/C23H27BrN2O4/c1-2-3-5-10-20(26-23(29)30-16-17-8-6-4-7-9-17)22(28)25-19-13-11-18(12-14-19)21(27)15-24/h4,6-9,11-14,20H,2-3,5,10,15-16H2,1H3,(H,25,28)(H,26,29)/t20-/m0/s1. The molecule has 0 bridgehead atoms. The van der Waals surface area contributed by atoms with Gasteiger partial charge in [-0.1, -0.05) is 72.4 Å². The van der Waals surface area contributed by atoms with Crippen LogP contribution < -0.4 is 10.6 Å². The molecule has 0 aromatic heterocycles. The number of alkyl carbamates (subject to hydrolysis) is 1. The molecule has 0 spiro atoms. The second-order valence-electron chi connectivity index (χ2n) is 6.88. The molecule has 0 radical (unpaired) electrons. The highest BCUT2D eigenvalue weighted by Gasteiger charge is 2.21. The second kappa shape index (κ2) is 12.8. The quantitative estimate of drug-likeness (QED) is 0.270. The Morgan fingerprint density at radius 1 is 1.00 bits per heavy atom. The van der Waals surface area contributed by atoms with Crippen LogP contribution in [0.25, 0.3) is 0 Å². The third kappa shape index (κ3) is 7.99. The Labute approximate surface area is 185 Å². The van der Waals surface area contributed by atoms with Crippen LogP contribution in [0.2, 0.25) is 0 Å². The van der Waals surface area contributed by atoms with E-state index in [1.165, 1.54) is 0 Å². The summed E-state index contributed by atoms with van der Waals surface area (Å²) in [6.45, 7) is 2.21. The predicted octanol–water partition coefficient (Wildman–Crippen LogP) is 5.08. The van der Waals surface area contributed by atoms with Crippen LogP contribution in [0.5, 0.6) is 0 Å². The van der Waals surface area contributed by atoms with Crippen LogP contribution in [0.3, 0.4) is 0 Å². The molecule has 0 unspecified atom stereocenters. The fraction of sp³-hybridized carbons (Fsp3) is 0.348. The van der Waals surface area contributed by atoms with Gasteiger partial charge in [-0.25, -0.2) is 4.79 Å². The van der Waals surface area contributed by atoms with Crippen molar-refractivity contribution >= 4 is 39.4 Å². The number of alkyl halides is 1. The molecule has 2 aromatic rings. The SMILES string of the molecule is CCCCC[C@H](NC(=O)OCc1ccccc1)C(=O)Nc1ccc(C(=O)CBr)cc1. The average Bonchev–Trinajstić information content (AvgIpc) is 2.77. The van der Waals surface area contributed by atoms with Gasteiger partial charge in [-0.05, 0) is 36.2 Å². The van der Waals surface area contributed by atoms with E-state index in [1.54, 1.807) is 24.3 Å². The Morgan fingerprint density at radius 3 is 2.33 bits per heavy atom. The summed E-state index contributed by atoms with van der Waals surface area (Å²) in [6, 6.07) is 15.3. The van der Waals surface area contributed by atoms with Gasteiger partial charge in [0, 0.05) is 11.3 Å². The van der Waals surface area contributed by atoms with E-state index in [9.17, 15) is 14.4 Å². The molecular formula is C23H27BrN2O4. The smallest absolute Gasteiger partial charge is 0.408 e. The first-order chi connectivity index (χ1) is 14.5. The topological polar surface area (TPSA) is 84.5 Å². The van der Waals surface area contributed by atoms with Crippen molar-refractivity contribution in [3.8, 4) is 0 Å². The molecule has 2 rings (SSSR count). The van der Waals surface area contributed by atoms with Crippen molar-refractivity contribution in [3.05, 3.63) is 65.7 Å². The zero-order chi connectivity index (χ0) is 21.8. The highest BCUT2D eigenvalue weighted by molar-refractivity contribution is 9.09. The monoisotopic (exact) mass is 474 g/mol. The average molecular weight is 475 g/mol. The van der Waals surface area contributed by atoms with Gasteiger partial charge in [0.15, 0.2) is 5.78 Å². The number of hydrogen-bond donors (Lipinski definition) is 2. The maximum absolute atomic E-state index is 12.7. The molecule has 2 aromatic carbocycles. The van der Waals surface area contributed by atoms with Crippen molar-refractivity contribution in [2.45, 2.75) is 45.3 Å². The van der Waals surface area contributed by atoms with Crippen LogP contribution in [0.4, 0.5) is 10.5 Å². The molecule has 0 saturated heterocycles. The highest BCUT2D eigenvalue weighted by atomic mass is 79.9. The first kappa shape index (κ1) is 23.6. The van der Waals surface area contributed by atoms with E-state index in [1.807, 2.05) is 30.3 Å². The maximum atomic E-state index is 12.7. The van der Waals surface area contributed by atoms with E-state index in [0.29, 0.717) is 17.7 Å². The molecule has 160 valence electrons. The lowest BCUT2D eigenvalue weighted by atomic mass is 10.1.